The Kier molecular flexibility index (Phi) is 7.37. The van der Waals surface area contributed by atoms with Crippen LogP contribution in [0.3, 0.4) is 0 Å². The van der Waals surface area contributed by atoms with Gasteiger partial charge in [0.25, 0.3) is 0 Å². The average molecular weight is 455 g/mol. The molecular weight excluding hydrogens is 428 g/mol. The summed E-state index contributed by atoms with van der Waals surface area (Å²) in [7, 11) is -2.37. The van der Waals surface area contributed by atoms with Crippen molar-refractivity contribution < 1.29 is 22.7 Å². The van der Waals surface area contributed by atoms with Crippen LogP contribution in [0.1, 0.15) is 12.5 Å². The van der Waals surface area contributed by atoms with Crippen molar-refractivity contribution >= 4 is 27.1 Å². The number of aryl methyl sites for hydroxylation is 1. The first kappa shape index (κ1) is 23.1. The number of hydrogen-bond donors (Lipinski definition) is 2. The third kappa shape index (κ3) is 5.39. The van der Waals surface area contributed by atoms with Crippen molar-refractivity contribution in [3.05, 3.63) is 72.3 Å². The number of methoxy groups -OCH3 is 1. The molecule has 0 aliphatic heterocycles. The summed E-state index contributed by atoms with van der Waals surface area (Å²) in [4.78, 5) is 12.7. The van der Waals surface area contributed by atoms with Gasteiger partial charge in [0.15, 0.2) is 0 Å². The second kappa shape index (κ2) is 10.2. The number of amides is 1. The molecule has 0 saturated carbocycles. The molecule has 0 bridgehead atoms. The fourth-order valence-electron chi connectivity index (χ4n) is 3.06. The van der Waals surface area contributed by atoms with Crippen LogP contribution in [-0.4, -0.2) is 34.6 Å². The molecule has 0 saturated heterocycles. The molecule has 0 heterocycles. The molecule has 168 valence electrons. The van der Waals surface area contributed by atoms with Gasteiger partial charge in [0.1, 0.15) is 11.5 Å². The van der Waals surface area contributed by atoms with Crippen LogP contribution in [0.4, 0.5) is 11.4 Å². The normalized spacial score (nSPS) is 11.0. The molecule has 3 aromatic rings. The first-order valence-corrected chi connectivity index (χ1v) is 11.6. The van der Waals surface area contributed by atoms with Crippen molar-refractivity contribution in [1.29, 1.82) is 0 Å². The highest BCUT2D eigenvalue weighted by Crippen LogP contribution is 2.31. The Morgan fingerprint density at radius 1 is 0.969 bits per heavy atom. The molecule has 8 heteroatoms. The van der Waals surface area contributed by atoms with E-state index in [1.54, 1.807) is 54.6 Å². The lowest BCUT2D eigenvalue weighted by Gasteiger charge is -2.15. The first-order valence-electron chi connectivity index (χ1n) is 10.1. The van der Waals surface area contributed by atoms with E-state index in [-0.39, 0.29) is 22.2 Å². The Balaban J connectivity index is 1.83. The smallest absolute Gasteiger partial charge is 0.243 e. The van der Waals surface area contributed by atoms with Crippen molar-refractivity contribution in [1.82, 2.24) is 0 Å². The summed E-state index contributed by atoms with van der Waals surface area (Å²) in [5, 5.41) is 5.72. The zero-order chi connectivity index (χ0) is 23.1. The van der Waals surface area contributed by atoms with Gasteiger partial charge in [-0.2, -0.15) is 0 Å². The number of benzene rings is 3. The number of ether oxygens (including phenoxy) is 2. The standard InChI is InChI=1S/C24H26N2O5S/c1-4-31-22-8-6-5-7-20(22)26-24(27)16-25-21-14-11-18(30-3)15-23(21)32(28,29)19-12-9-17(2)10-13-19/h5-15,25H,4,16H2,1-3H3,(H,26,27). The van der Waals surface area contributed by atoms with Crippen molar-refractivity contribution in [2.45, 2.75) is 23.6 Å². The highest BCUT2D eigenvalue weighted by atomic mass is 32.2. The zero-order valence-corrected chi connectivity index (χ0v) is 19.0. The van der Waals surface area contributed by atoms with E-state index in [1.165, 1.54) is 13.2 Å². The number of sulfone groups is 1. The molecular formula is C24H26N2O5S. The van der Waals surface area contributed by atoms with Crippen LogP contribution < -0.4 is 20.1 Å². The highest BCUT2D eigenvalue weighted by Gasteiger charge is 2.23. The fourth-order valence-corrected chi connectivity index (χ4v) is 4.51. The number of carbonyl (C=O) groups excluding carboxylic acids is 1. The lowest BCUT2D eigenvalue weighted by Crippen LogP contribution is -2.23. The number of nitrogens with one attached hydrogen (secondary N) is 2. The van der Waals surface area contributed by atoms with Gasteiger partial charge < -0.3 is 20.1 Å². The second-order valence-electron chi connectivity index (χ2n) is 7.01. The largest absolute Gasteiger partial charge is 0.497 e. The summed E-state index contributed by atoms with van der Waals surface area (Å²) in [5.74, 6) is 0.624. The molecule has 1 amide bonds. The topological polar surface area (TPSA) is 93.7 Å². The number of hydrogen-bond acceptors (Lipinski definition) is 6. The van der Waals surface area contributed by atoms with Crippen LogP contribution in [-0.2, 0) is 14.6 Å². The predicted octanol–water partition coefficient (Wildman–Crippen LogP) is 4.29. The van der Waals surface area contributed by atoms with E-state index in [2.05, 4.69) is 10.6 Å². The van der Waals surface area contributed by atoms with Gasteiger partial charge in [-0.3, -0.25) is 4.79 Å². The molecule has 0 aliphatic rings. The van der Waals surface area contributed by atoms with Crippen LogP contribution >= 0.6 is 0 Å². The summed E-state index contributed by atoms with van der Waals surface area (Å²) in [6, 6.07) is 18.4. The summed E-state index contributed by atoms with van der Waals surface area (Å²) in [6.07, 6.45) is 0. The molecule has 3 aromatic carbocycles. The molecule has 32 heavy (non-hydrogen) atoms. The molecule has 0 atom stereocenters. The van der Waals surface area contributed by atoms with Gasteiger partial charge in [-0.05, 0) is 50.2 Å². The van der Waals surface area contributed by atoms with E-state index in [0.717, 1.165) is 5.56 Å². The van der Waals surface area contributed by atoms with E-state index >= 15 is 0 Å². The Morgan fingerprint density at radius 3 is 2.38 bits per heavy atom. The van der Waals surface area contributed by atoms with Gasteiger partial charge in [0, 0.05) is 6.07 Å². The van der Waals surface area contributed by atoms with Crippen LogP contribution in [0, 0.1) is 6.92 Å². The SMILES string of the molecule is CCOc1ccccc1NC(=O)CNc1ccc(OC)cc1S(=O)(=O)c1ccc(C)cc1. The third-order valence-electron chi connectivity index (χ3n) is 4.71. The van der Waals surface area contributed by atoms with E-state index < -0.39 is 9.84 Å². The van der Waals surface area contributed by atoms with Gasteiger partial charge in [0.05, 0.1) is 41.4 Å². The molecule has 7 nitrogen and oxygen atoms in total. The number of anilines is 2. The van der Waals surface area contributed by atoms with Crippen molar-refractivity contribution in [2.24, 2.45) is 0 Å². The van der Waals surface area contributed by atoms with Gasteiger partial charge in [-0.1, -0.05) is 29.8 Å². The Bertz CT molecular complexity index is 1190. The molecule has 0 fully saturated rings. The van der Waals surface area contributed by atoms with Crippen molar-refractivity contribution in [3.63, 3.8) is 0 Å². The molecule has 0 aromatic heterocycles. The van der Waals surface area contributed by atoms with Gasteiger partial charge in [0.2, 0.25) is 15.7 Å². The Hall–Kier alpha value is -3.52. The van der Waals surface area contributed by atoms with Crippen molar-refractivity contribution in [3.8, 4) is 11.5 Å². The lowest BCUT2D eigenvalue weighted by atomic mass is 10.2. The maximum Gasteiger partial charge on any atom is 0.243 e. The van der Waals surface area contributed by atoms with E-state index in [4.69, 9.17) is 9.47 Å². The lowest BCUT2D eigenvalue weighted by molar-refractivity contribution is -0.114. The quantitative estimate of drug-likeness (QED) is 0.501. The fraction of sp³-hybridized carbons (Fsp3) is 0.208. The molecule has 3 rings (SSSR count). The average Bonchev–Trinajstić information content (AvgIpc) is 2.79. The first-order chi connectivity index (χ1) is 15.3. The number of rotatable bonds is 9. The van der Waals surface area contributed by atoms with Crippen LogP contribution in [0.15, 0.2) is 76.5 Å². The monoisotopic (exact) mass is 454 g/mol. The molecule has 0 spiro atoms. The maximum atomic E-state index is 13.3. The predicted molar refractivity (Wildman–Crippen MR) is 124 cm³/mol. The minimum atomic E-state index is -3.83. The summed E-state index contributed by atoms with van der Waals surface area (Å²) in [6.45, 7) is 4.08. The maximum absolute atomic E-state index is 13.3. The van der Waals surface area contributed by atoms with Crippen LogP contribution in [0.25, 0.3) is 0 Å². The molecule has 0 radical (unpaired) electrons. The van der Waals surface area contributed by atoms with Gasteiger partial charge in [-0.25, -0.2) is 8.42 Å². The van der Waals surface area contributed by atoms with Crippen molar-refractivity contribution in [2.75, 3.05) is 30.9 Å². The van der Waals surface area contributed by atoms with E-state index in [9.17, 15) is 13.2 Å². The minimum Gasteiger partial charge on any atom is -0.497 e. The van der Waals surface area contributed by atoms with E-state index in [1.807, 2.05) is 19.9 Å². The molecule has 2 N–H and O–H groups in total. The zero-order valence-electron chi connectivity index (χ0n) is 18.2. The Morgan fingerprint density at radius 2 is 1.69 bits per heavy atom. The van der Waals surface area contributed by atoms with Crippen LogP contribution in [0.2, 0.25) is 0 Å². The molecule has 0 aliphatic carbocycles. The Labute approximate surface area is 188 Å². The third-order valence-corrected chi connectivity index (χ3v) is 6.52. The van der Waals surface area contributed by atoms with E-state index in [0.29, 0.717) is 29.5 Å². The molecule has 0 unspecified atom stereocenters. The second-order valence-corrected chi connectivity index (χ2v) is 8.93. The summed E-state index contributed by atoms with van der Waals surface area (Å²) in [5.41, 5.74) is 1.81. The summed E-state index contributed by atoms with van der Waals surface area (Å²) < 4.78 is 37.3. The number of para-hydroxylation sites is 2. The summed E-state index contributed by atoms with van der Waals surface area (Å²) >= 11 is 0. The highest BCUT2D eigenvalue weighted by molar-refractivity contribution is 7.91. The van der Waals surface area contributed by atoms with Crippen LogP contribution in [0.5, 0.6) is 11.5 Å². The number of carbonyl (C=O) groups is 1. The van der Waals surface area contributed by atoms with Gasteiger partial charge >= 0.3 is 0 Å². The van der Waals surface area contributed by atoms with Gasteiger partial charge in [-0.15, -0.1) is 0 Å². The minimum absolute atomic E-state index is 0.0308.